The van der Waals surface area contributed by atoms with Crippen molar-refractivity contribution >= 4 is 13.7 Å². The van der Waals surface area contributed by atoms with Crippen LogP contribution >= 0.6 is 0 Å². The molecule has 0 saturated carbocycles. The minimum absolute atomic E-state index is 1.10. The molecule has 2 rings (SSSR count). The summed E-state index contributed by atoms with van der Waals surface area (Å²) in [6.07, 6.45) is 2.97. The van der Waals surface area contributed by atoms with Gasteiger partial charge in [-0.25, -0.2) is 0 Å². The Kier molecular flexibility index (Phi) is 6.68. The van der Waals surface area contributed by atoms with Gasteiger partial charge in [0, 0.05) is 6.54 Å². The first-order chi connectivity index (χ1) is 6.18. The number of hydrogen-bond acceptors (Lipinski definition) is 2. The van der Waals surface area contributed by atoms with Crippen LogP contribution in [0.3, 0.4) is 0 Å². The molecule has 2 bridgehead atoms. The van der Waals surface area contributed by atoms with Gasteiger partial charge in [-0.15, -0.1) is 0 Å². The Morgan fingerprint density at radius 1 is 1.38 bits per heavy atom. The molecule has 1 N–H and O–H groups in total. The van der Waals surface area contributed by atoms with E-state index in [1.165, 1.54) is 32.5 Å². The van der Waals surface area contributed by atoms with E-state index in [0.717, 1.165) is 5.92 Å². The molecule has 2 fully saturated rings. The predicted octanol–water partition coefficient (Wildman–Crippen LogP) is 1.57. The summed E-state index contributed by atoms with van der Waals surface area (Å²) in [7, 11) is 4.03. The highest BCUT2D eigenvalue weighted by molar-refractivity contribution is 6.54. The van der Waals surface area contributed by atoms with Gasteiger partial charge in [0.15, 0.2) is 0 Å². The quantitative estimate of drug-likeness (QED) is 0.579. The molecule has 0 aromatic heterocycles. The van der Waals surface area contributed by atoms with Crippen molar-refractivity contribution in [3.8, 4) is 0 Å². The van der Waals surface area contributed by atoms with Crippen LogP contribution in [0.5, 0.6) is 0 Å². The third kappa shape index (κ3) is 5.69. The van der Waals surface area contributed by atoms with Crippen LogP contribution in [-0.2, 0) is 0 Å². The average molecular weight is 183 g/mol. The minimum atomic E-state index is -1.33. The van der Waals surface area contributed by atoms with Gasteiger partial charge in [-0.05, 0) is 31.8 Å². The van der Waals surface area contributed by atoms with Crippen molar-refractivity contribution in [1.29, 1.82) is 0 Å². The van der Waals surface area contributed by atoms with E-state index in [-0.39, 0.29) is 0 Å². The van der Waals surface area contributed by atoms with Crippen molar-refractivity contribution in [2.45, 2.75) is 26.7 Å². The molecule has 2 aliphatic heterocycles. The van der Waals surface area contributed by atoms with Crippen LogP contribution in [0.4, 0.5) is 4.79 Å². The third-order valence-corrected chi connectivity index (χ3v) is 2.22. The highest BCUT2D eigenvalue weighted by Crippen LogP contribution is 2.26. The van der Waals surface area contributed by atoms with Gasteiger partial charge in [0.05, 0.1) is 0 Å². The van der Waals surface area contributed by atoms with E-state index in [0.29, 0.717) is 0 Å². The van der Waals surface area contributed by atoms with E-state index in [1.54, 1.807) is 0 Å². The molecule has 0 aliphatic carbocycles. The van der Waals surface area contributed by atoms with Crippen molar-refractivity contribution in [3.63, 3.8) is 0 Å². The molecule has 2 saturated heterocycles. The van der Waals surface area contributed by atoms with Gasteiger partial charge in [0.2, 0.25) is 13.7 Å². The zero-order chi connectivity index (χ0) is 10.3. The number of carbonyl (C=O) groups is 1. The van der Waals surface area contributed by atoms with Crippen molar-refractivity contribution in [3.05, 3.63) is 0 Å². The summed E-state index contributed by atoms with van der Waals surface area (Å²) < 4.78 is 0. The van der Waals surface area contributed by atoms with Crippen molar-refractivity contribution < 1.29 is 9.90 Å². The van der Waals surface area contributed by atoms with Crippen LogP contribution in [0, 0.1) is 5.92 Å². The summed E-state index contributed by atoms with van der Waals surface area (Å²) in [6.45, 7) is 8.20. The van der Waals surface area contributed by atoms with E-state index < -0.39 is 5.87 Å². The maximum Gasteiger partial charge on any atom is 0.233 e. The van der Waals surface area contributed by atoms with Crippen LogP contribution in [0.15, 0.2) is 0 Å². The SMILES string of the molecule is C1CN2CCC1C2.CC.[B]C(=O)O. The van der Waals surface area contributed by atoms with Crippen LogP contribution in [-0.4, -0.2) is 43.4 Å². The molecule has 4 heteroatoms. The molecule has 13 heavy (non-hydrogen) atoms. The Morgan fingerprint density at radius 2 is 1.77 bits per heavy atom. The van der Waals surface area contributed by atoms with Crippen molar-refractivity contribution in [2.24, 2.45) is 5.92 Å². The molecule has 3 nitrogen and oxygen atoms in total. The van der Waals surface area contributed by atoms with Gasteiger partial charge in [-0.2, -0.15) is 0 Å². The van der Waals surface area contributed by atoms with E-state index in [9.17, 15) is 0 Å². The number of fused-ring (bicyclic) bond motifs is 2. The molecule has 0 unspecified atom stereocenters. The van der Waals surface area contributed by atoms with E-state index in [4.69, 9.17) is 9.90 Å². The second-order valence-electron chi connectivity index (χ2n) is 3.08. The van der Waals surface area contributed by atoms with Gasteiger partial charge in [-0.1, -0.05) is 13.8 Å². The maximum absolute atomic E-state index is 8.78. The first-order valence-electron chi connectivity index (χ1n) is 4.89. The Labute approximate surface area is 81.5 Å². The largest absolute Gasteiger partial charge is 0.490 e. The lowest BCUT2D eigenvalue weighted by Crippen LogP contribution is -2.15. The normalized spacial score (nSPS) is 28.2. The fourth-order valence-corrected chi connectivity index (χ4v) is 1.72. The zero-order valence-corrected chi connectivity index (χ0v) is 8.49. The Morgan fingerprint density at radius 3 is 1.85 bits per heavy atom. The summed E-state index contributed by atoms with van der Waals surface area (Å²) in [5.41, 5.74) is 0. The molecule has 0 aromatic rings. The molecule has 2 radical (unpaired) electrons. The molecular weight excluding hydrogens is 165 g/mol. The minimum Gasteiger partial charge on any atom is -0.490 e. The monoisotopic (exact) mass is 183 g/mol. The first kappa shape index (κ1) is 12.5. The smallest absolute Gasteiger partial charge is 0.233 e. The molecule has 0 atom stereocenters. The van der Waals surface area contributed by atoms with Gasteiger partial charge in [-0.3, -0.25) is 4.79 Å². The number of rotatable bonds is 0. The highest BCUT2D eigenvalue weighted by Gasteiger charge is 2.28. The lowest BCUT2D eigenvalue weighted by molar-refractivity contribution is 0.220. The molecule has 0 amide bonds. The summed E-state index contributed by atoms with van der Waals surface area (Å²) in [4.78, 5) is 11.3. The number of hydrogen-bond donors (Lipinski definition) is 1. The van der Waals surface area contributed by atoms with E-state index in [1.807, 2.05) is 13.8 Å². The van der Waals surface area contributed by atoms with Gasteiger partial charge in [0.25, 0.3) is 0 Å². The Balaban J connectivity index is 0.000000211. The second-order valence-corrected chi connectivity index (χ2v) is 3.08. The van der Waals surface area contributed by atoms with Crippen LogP contribution in [0.25, 0.3) is 0 Å². The van der Waals surface area contributed by atoms with Crippen LogP contribution in [0.2, 0.25) is 0 Å². The first-order valence-corrected chi connectivity index (χ1v) is 4.89. The fraction of sp³-hybridized carbons (Fsp3) is 0.889. The molecule has 74 valence electrons. The Bertz CT molecular complexity index is 131. The Hall–Kier alpha value is -0.505. The molecule has 2 aliphatic rings. The van der Waals surface area contributed by atoms with Crippen molar-refractivity contribution in [1.82, 2.24) is 4.90 Å². The van der Waals surface area contributed by atoms with Crippen LogP contribution < -0.4 is 0 Å². The summed E-state index contributed by atoms with van der Waals surface area (Å²) in [5, 5.41) is 7.19. The summed E-state index contributed by atoms with van der Waals surface area (Å²) in [6, 6.07) is 0. The predicted molar refractivity (Wildman–Crippen MR) is 54.3 cm³/mol. The molecule has 2 heterocycles. The summed E-state index contributed by atoms with van der Waals surface area (Å²) in [5.74, 6) is -0.236. The summed E-state index contributed by atoms with van der Waals surface area (Å²) >= 11 is 0. The van der Waals surface area contributed by atoms with Gasteiger partial charge < -0.3 is 10.0 Å². The average Bonchev–Trinajstić information content (AvgIpc) is 2.69. The van der Waals surface area contributed by atoms with Crippen molar-refractivity contribution in [2.75, 3.05) is 19.6 Å². The number of piperidine rings is 1. The zero-order valence-electron chi connectivity index (χ0n) is 8.49. The molecule has 0 aromatic carbocycles. The fourth-order valence-electron chi connectivity index (χ4n) is 1.72. The number of carboxylic acid groups (broad SMARTS) is 1. The van der Waals surface area contributed by atoms with E-state index in [2.05, 4.69) is 12.7 Å². The highest BCUT2D eigenvalue weighted by atomic mass is 16.4. The lowest BCUT2D eigenvalue weighted by atomic mass is 10.1. The van der Waals surface area contributed by atoms with Gasteiger partial charge >= 0.3 is 0 Å². The molecular formula is C9H18BNO2. The maximum atomic E-state index is 8.78. The lowest BCUT2D eigenvalue weighted by Gasteiger charge is -2.09. The third-order valence-electron chi connectivity index (χ3n) is 2.22. The second kappa shape index (κ2) is 6.95. The van der Waals surface area contributed by atoms with Crippen LogP contribution in [0.1, 0.15) is 26.7 Å². The number of nitrogens with zero attached hydrogens (tertiary/aromatic N) is 1. The van der Waals surface area contributed by atoms with Gasteiger partial charge in [0.1, 0.15) is 0 Å². The standard InChI is InChI=1S/C6H11N.C2H6.CHBO2/c1-3-7-4-2-6(1)5-7;1-2;2-1(3)4/h6H,1-5H2;1-2H3;(H,3,4). The topological polar surface area (TPSA) is 40.5 Å². The van der Waals surface area contributed by atoms with E-state index >= 15 is 0 Å². The molecule has 0 spiro atoms.